The van der Waals surface area contributed by atoms with Crippen molar-refractivity contribution in [3.63, 3.8) is 0 Å². The number of aromatic nitrogens is 2. The first-order valence-electron chi connectivity index (χ1n) is 8.57. The minimum Gasteiger partial charge on any atom is -0.507 e. The van der Waals surface area contributed by atoms with Crippen molar-refractivity contribution in [2.45, 2.75) is 18.6 Å². The maximum Gasteiger partial charge on any atom is 0.416 e. The Bertz CT molecular complexity index is 984. The van der Waals surface area contributed by atoms with Gasteiger partial charge in [0.25, 0.3) is 0 Å². The fraction of sp³-hybridized carbons (Fsp3) is 0.263. The van der Waals surface area contributed by atoms with E-state index in [-0.39, 0.29) is 11.6 Å². The Morgan fingerprint density at radius 2 is 1.85 bits per heavy atom. The summed E-state index contributed by atoms with van der Waals surface area (Å²) in [6.45, 7) is 1.76. The van der Waals surface area contributed by atoms with Gasteiger partial charge in [-0.25, -0.2) is 0 Å². The number of anilines is 1. The minimum atomic E-state index is -4.52. The van der Waals surface area contributed by atoms with Gasteiger partial charge in [0.15, 0.2) is 5.82 Å². The van der Waals surface area contributed by atoms with E-state index in [0.717, 1.165) is 31.0 Å². The van der Waals surface area contributed by atoms with Gasteiger partial charge in [-0.3, -0.25) is 0 Å². The molecule has 1 aliphatic rings. The van der Waals surface area contributed by atoms with Crippen LogP contribution in [0.4, 0.5) is 19.0 Å². The summed E-state index contributed by atoms with van der Waals surface area (Å²) < 4.78 is 38.5. The van der Waals surface area contributed by atoms with Crippen molar-refractivity contribution >= 4 is 16.6 Å². The van der Waals surface area contributed by atoms with Gasteiger partial charge in [0.05, 0.1) is 5.56 Å². The number of phenolic OH excluding ortho intramolecular Hbond substituents is 1. The second-order valence-electron chi connectivity index (χ2n) is 6.51. The van der Waals surface area contributed by atoms with E-state index < -0.39 is 17.5 Å². The monoisotopic (exact) mass is 374 g/mol. The first kappa shape index (κ1) is 17.5. The van der Waals surface area contributed by atoms with E-state index in [1.807, 2.05) is 24.3 Å². The number of hydrogen-bond donors (Lipinski definition) is 3. The van der Waals surface area contributed by atoms with E-state index in [2.05, 4.69) is 20.8 Å². The third kappa shape index (κ3) is 3.40. The SMILES string of the molecule is Oc1cc(C(F)(F)F)ccc1-c1nnc(NC2CCNC2)c2ccccc12. The van der Waals surface area contributed by atoms with Gasteiger partial charge < -0.3 is 15.7 Å². The quantitative estimate of drug-likeness (QED) is 0.651. The molecule has 140 valence electrons. The van der Waals surface area contributed by atoms with Crippen molar-refractivity contribution in [2.24, 2.45) is 0 Å². The lowest BCUT2D eigenvalue weighted by atomic mass is 10.0. The maximum absolute atomic E-state index is 12.8. The van der Waals surface area contributed by atoms with Crippen LogP contribution in [0, 0.1) is 0 Å². The van der Waals surface area contributed by atoms with Gasteiger partial charge >= 0.3 is 6.18 Å². The Kier molecular flexibility index (Phi) is 4.35. The van der Waals surface area contributed by atoms with Gasteiger partial charge in [-0.15, -0.1) is 10.2 Å². The largest absolute Gasteiger partial charge is 0.507 e. The molecule has 8 heteroatoms. The van der Waals surface area contributed by atoms with Crippen LogP contribution in [0.2, 0.25) is 0 Å². The molecule has 3 aromatic rings. The molecule has 1 saturated heterocycles. The zero-order valence-corrected chi connectivity index (χ0v) is 14.2. The van der Waals surface area contributed by atoms with Gasteiger partial charge in [-0.1, -0.05) is 24.3 Å². The second kappa shape index (κ2) is 6.70. The third-order valence-electron chi connectivity index (χ3n) is 4.67. The predicted molar refractivity (Wildman–Crippen MR) is 96.5 cm³/mol. The highest BCUT2D eigenvalue weighted by atomic mass is 19.4. The number of halogens is 3. The highest BCUT2D eigenvalue weighted by Gasteiger charge is 2.31. The van der Waals surface area contributed by atoms with Crippen molar-refractivity contribution < 1.29 is 18.3 Å². The number of alkyl halides is 3. The first-order valence-corrected chi connectivity index (χ1v) is 8.57. The molecule has 5 nitrogen and oxygen atoms in total. The van der Waals surface area contributed by atoms with E-state index in [4.69, 9.17) is 0 Å². The van der Waals surface area contributed by atoms with Crippen LogP contribution in [-0.4, -0.2) is 34.4 Å². The van der Waals surface area contributed by atoms with Gasteiger partial charge in [0, 0.05) is 28.9 Å². The zero-order valence-electron chi connectivity index (χ0n) is 14.2. The molecule has 1 aromatic heterocycles. The fourth-order valence-electron chi connectivity index (χ4n) is 3.29. The average Bonchev–Trinajstić information content (AvgIpc) is 3.15. The number of nitrogens with one attached hydrogen (secondary N) is 2. The Morgan fingerprint density at radius 3 is 2.52 bits per heavy atom. The van der Waals surface area contributed by atoms with Crippen LogP contribution in [0.5, 0.6) is 5.75 Å². The summed E-state index contributed by atoms with van der Waals surface area (Å²) in [6.07, 6.45) is -3.55. The molecule has 1 unspecified atom stereocenters. The Hall–Kier alpha value is -2.87. The lowest BCUT2D eigenvalue weighted by Gasteiger charge is -2.15. The number of aromatic hydroxyl groups is 1. The lowest BCUT2D eigenvalue weighted by Crippen LogP contribution is -2.23. The summed E-state index contributed by atoms with van der Waals surface area (Å²) in [6, 6.07) is 10.5. The summed E-state index contributed by atoms with van der Waals surface area (Å²) in [4.78, 5) is 0. The molecule has 1 aliphatic heterocycles. The Balaban J connectivity index is 1.79. The molecule has 0 amide bonds. The number of rotatable bonds is 3. The molecular formula is C19H17F3N4O. The van der Waals surface area contributed by atoms with Crippen molar-refractivity contribution in [3.8, 4) is 17.0 Å². The molecule has 0 bridgehead atoms. The summed E-state index contributed by atoms with van der Waals surface area (Å²) in [7, 11) is 0. The molecule has 1 atom stereocenters. The number of phenols is 1. The minimum absolute atomic E-state index is 0.209. The lowest BCUT2D eigenvalue weighted by molar-refractivity contribution is -0.137. The van der Waals surface area contributed by atoms with Gasteiger partial charge in [0.1, 0.15) is 11.4 Å². The van der Waals surface area contributed by atoms with E-state index in [1.165, 1.54) is 6.07 Å². The zero-order chi connectivity index (χ0) is 19.0. The highest BCUT2D eigenvalue weighted by Crippen LogP contribution is 2.38. The topological polar surface area (TPSA) is 70.1 Å². The van der Waals surface area contributed by atoms with Crippen molar-refractivity contribution in [1.82, 2.24) is 15.5 Å². The van der Waals surface area contributed by atoms with Crippen molar-refractivity contribution in [2.75, 3.05) is 18.4 Å². The Labute approximate surface area is 153 Å². The van der Waals surface area contributed by atoms with Gasteiger partial charge in [-0.05, 0) is 31.2 Å². The highest BCUT2D eigenvalue weighted by molar-refractivity contribution is 6.00. The molecule has 4 rings (SSSR count). The smallest absolute Gasteiger partial charge is 0.416 e. The number of fused-ring (bicyclic) bond motifs is 1. The van der Waals surface area contributed by atoms with Crippen LogP contribution in [0.3, 0.4) is 0 Å². The fourth-order valence-corrected chi connectivity index (χ4v) is 3.29. The molecule has 2 heterocycles. The normalized spacial score (nSPS) is 17.4. The average molecular weight is 374 g/mol. The Morgan fingerprint density at radius 1 is 1.07 bits per heavy atom. The van der Waals surface area contributed by atoms with Gasteiger partial charge in [-0.2, -0.15) is 13.2 Å². The summed E-state index contributed by atoms with van der Waals surface area (Å²) in [5.41, 5.74) is -0.360. The van der Waals surface area contributed by atoms with Crippen LogP contribution in [-0.2, 0) is 6.18 Å². The van der Waals surface area contributed by atoms with Crippen molar-refractivity contribution in [1.29, 1.82) is 0 Å². The van der Waals surface area contributed by atoms with E-state index in [0.29, 0.717) is 23.0 Å². The van der Waals surface area contributed by atoms with Crippen LogP contribution < -0.4 is 10.6 Å². The summed E-state index contributed by atoms with van der Waals surface area (Å²) in [5, 5.41) is 26.7. The van der Waals surface area contributed by atoms with E-state index >= 15 is 0 Å². The van der Waals surface area contributed by atoms with Crippen LogP contribution >= 0.6 is 0 Å². The number of nitrogens with zero attached hydrogens (tertiary/aromatic N) is 2. The summed E-state index contributed by atoms with van der Waals surface area (Å²) >= 11 is 0. The molecule has 1 fully saturated rings. The molecule has 0 saturated carbocycles. The second-order valence-corrected chi connectivity index (χ2v) is 6.51. The predicted octanol–water partition coefficient (Wildman–Crippen LogP) is 3.80. The first-order chi connectivity index (χ1) is 12.9. The molecular weight excluding hydrogens is 357 g/mol. The molecule has 3 N–H and O–H groups in total. The molecule has 27 heavy (non-hydrogen) atoms. The molecule has 0 spiro atoms. The van der Waals surface area contributed by atoms with Crippen LogP contribution in [0.1, 0.15) is 12.0 Å². The third-order valence-corrected chi connectivity index (χ3v) is 4.67. The van der Waals surface area contributed by atoms with Crippen LogP contribution in [0.15, 0.2) is 42.5 Å². The molecule has 0 aliphatic carbocycles. The summed E-state index contributed by atoms with van der Waals surface area (Å²) in [5.74, 6) is 0.138. The van der Waals surface area contributed by atoms with Gasteiger partial charge in [0.2, 0.25) is 0 Å². The van der Waals surface area contributed by atoms with E-state index in [9.17, 15) is 18.3 Å². The van der Waals surface area contributed by atoms with Crippen molar-refractivity contribution in [3.05, 3.63) is 48.0 Å². The number of benzene rings is 2. The molecule has 0 radical (unpaired) electrons. The maximum atomic E-state index is 12.8. The van der Waals surface area contributed by atoms with E-state index in [1.54, 1.807) is 0 Å². The molecule has 2 aromatic carbocycles. The standard InChI is InChI=1S/C19H17F3N4O/c20-19(21,22)11-5-6-15(16(27)9-11)17-13-3-1-2-4-14(13)18(26-25-17)24-12-7-8-23-10-12/h1-6,9,12,23,27H,7-8,10H2,(H,24,26). The van der Waals surface area contributed by atoms with Crippen LogP contribution in [0.25, 0.3) is 22.0 Å². The number of hydrogen-bond acceptors (Lipinski definition) is 5.